The number of benzene rings is 2. The first-order valence-electron chi connectivity index (χ1n) is 11.1. The summed E-state index contributed by atoms with van der Waals surface area (Å²) in [6.45, 7) is 4.40. The lowest BCUT2D eigenvalue weighted by atomic mass is 10.2. The van der Waals surface area contributed by atoms with E-state index in [9.17, 15) is 13.2 Å². The summed E-state index contributed by atoms with van der Waals surface area (Å²) in [7, 11) is -3.56. The molecule has 1 aromatic heterocycles. The molecular formula is C23H25Cl2N3O4S2. The Hall–Kier alpha value is -1.75. The van der Waals surface area contributed by atoms with Crippen molar-refractivity contribution >= 4 is 60.7 Å². The van der Waals surface area contributed by atoms with Crippen LogP contribution in [0.4, 0.5) is 0 Å². The molecule has 0 bridgehead atoms. The molecule has 0 atom stereocenters. The number of hydrogen-bond acceptors (Lipinski definition) is 5. The van der Waals surface area contributed by atoms with E-state index in [0.717, 1.165) is 24.0 Å². The minimum absolute atomic E-state index is 0.181. The number of carbonyl (C=O) groups is 1. The normalized spacial score (nSPS) is 15.8. The average molecular weight is 543 g/mol. The number of sulfonamides is 1. The van der Waals surface area contributed by atoms with Gasteiger partial charge >= 0.3 is 0 Å². The number of ether oxygens (including phenoxy) is 1. The molecule has 0 aliphatic carbocycles. The van der Waals surface area contributed by atoms with E-state index in [1.165, 1.54) is 39.9 Å². The molecule has 0 unspecified atom stereocenters. The predicted molar refractivity (Wildman–Crippen MR) is 135 cm³/mol. The molecule has 1 aliphatic heterocycles. The van der Waals surface area contributed by atoms with Crippen LogP contribution in [0.3, 0.4) is 0 Å². The smallest absolute Gasteiger partial charge is 0.279 e. The molecular weight excluding hydrogens is 517 g/mol. The van der Waals surface area contributed by atoms with Crippen LogP contribution in [0, 0.1) is 0 Å². The highest BCUT2D eigenvalue weighted by molar-refractivity contribution is 7.89. The summed E-state index contributed by atoms with van der Waals surface area (Å²) >= 11 is 14.0. The fourth-order valence-electron chi connectivity index (χ4n) is 3.87. The van der Waals surface area contributed by atoms with Crippen LogP contribution >= 0.6 is 34.5 Å². The maximum absolute atomic E-state index is 13.0. The second-order valence-corrected chi connectivity index (χ2v) is 11.6. The third-order valence-corrected chi connectivity index (χ3v) is 9.40. The summed E-state index contributed by atoms with van der Waals surface area (Å²) in [5.41, 5.74) is 1.00. The van der Waals surface area contributed by atoms with Crippen molar-refractivity contribution in [3.63, 3.8) is 0 Å². The van der Waals surface area contributed by atoms with E-state index in [0.29, 0.717) is 58.8 Å². The number of amides is 1. The third-order valence-electron chi connectivity index (χ3n) is 5.65. The van der Waals surface area contributed by atoms with Crippen LogP contribution in [0.25, 0.3) is 10.2 Å². The number of fused-ring (bicyclic) bond motifs is 1. The van der Waals surface area contributed by atoms with E-state index in [-0.39, 0.29) is 4.90 Å². The van der Waals surface area contributed by atoms with Crippen LogP contribution in [0.5, 0.6) is 0 Å². The fraction of sp³-hybridized carbons (Fsp3) is 0.391. The Kier molecular flexibility index (Phi) is 8.12. The van der Waals surface area contributed by atoms with E-state index in [1.54, 1.807) is 6.07 Å². The maximum atomic E-state index is 13.0. The molecule has 0 saturated carbocycles. The molecule has 2 heterocycles. The summed E-state index contributed by atoms with van der Waals surface area (Å²) in [6, 6.07) is 9.50. The molecule has 2 aromatic carbocycles. The molecule has 11 heteroatoms. The molecule has 1 fully saturated rings. The van der Waals surface area contributed by atoms with Crippen molar-refractivity contribution in [2.45, 2.75) is 37.6 Å². The number of aromatic nitrogens is 1. The first-order valence-corrected chi connectivity index (χ1v) is 14.1. The zero-order valence-electron chi connectivity index (χ0n) is 18.7. The van der Waals surface area contributed by atoms with Gasteiger partial charge in [-0.05, 0) is 56.2 Å². The van der Waals surface area contributed by atoms with Crippen LogP contribution < -0.4 is 4.80 Å². The molecule has 1 amide bonds. The van der Waals surface area contributed by atoms with E-state index in [2.05, 4.69) is 4.99 Å². The van der Waals surface area contributed by atoms with Crippen molar-refractivity contribution < 1.29 is 17.9 Å². The quantitative estimate of drug-likeness (QED) is 0.396. The number of halogens is 2. The summed E-state index contributed by atoms with van der Waals surface area (Å²) in [6.07, 6.45) is 2.77. The number of carbonyl (C=O) groups excluding carboxylic acids is 1. The summed E-state index contributed by atoms with van der Waals surface area (Å²) < 4.78 is 35.4. The van der Waals surface area contributed by atoms with Crippen LogP contribution in [0.2, 0.25) is 10.0 Å². The molecule has 0 spiro atoms. The molecule has 7 nitrogen and oxygen atoms in total. The van der Waals surface area contributed by atoms with Crippen LogP contribution in [-0.2, 0) is 21.3 Å². The number of rotatable bonds is 7. The second kappa shape index (κ2) is 10.9. The standard InChI is InChI=1S/C23H25Cl2N3O4S2/c1-2-32-15-14-28-21-19(11-10-18(24)20(21)25)33-23(28)26-22(29)16-6-8-17(9-7-16)34(30,31)27-12-4-3-5-13-27/h6-11H,2-5,12-15H2,1H3. The van der Waals surface area contributed by atoms with E-state index < -0.39 is 15.9 Å². The second-order valence-electron chi connectivity index (χ2n) is 7.85. The zero-order valence-corrected chi connectivity index (χ0v) is 21.8. The predicted octanol–water partition coefficient (Wildman–Crippen LogP) is 4.96. The molecule has 182 valence electrons. The number of piperidine rings is 1. The van der Waals surface area contributed by atoms with Crippen LogP contribution in [0.15, 0.2) is 46.3 Å². The molecule has 3 aromatic rings. The zero-order chi connectivity index (χ0) is 24.3. The maximum Gasteiger partial charge on any atom is 0.279 e. The Labute approximate surface area is 212 Å². The lowest BCUT2D eigenvalue weighted by Crippen LogP contribution is -2.35. The van der Waals surface area contributed by atoms with Gasteiger partial charge in [0, 0.05) is 31.8 Å². The molecule has 4 rings (SSSR count). The number of nitrogens with zero attached hydrogens (tertiary/aromatic N) is 3. The monoisotopic (exact) mass is 541 g/mol. The molecule has 0 N–H and O–H groups in total. The van der Waals surface area contributed by atoms with Crippen molar-refractivity contribution in [1.82, 2.24) is 8.87 Å². The number of thiazole rings is 1. The summed E-state index contributed by atoms with van der Waals surface area (Å²) in [5.74, 6) is -0.471. The highest BCUT2D eigenvalue weighted by atomic mass is 35.5. The summed E-state index contributed by atoms with van der Waals surface area (Å²) in [5, 5.41) is 0.814. The van der Waals surface area contributed by atoms with E-state index in [4.69, 9.17) is 27.9 Å². The van der Waals surface area contributed by atoms with Gasteiger partial charge in [0.15, 0.2) is 4.80 Å². The Balaban J connectivity index is 1.66. The molecule has 1 aliphatic rings. The van der Waals surface area contributed by atoms with Gasteiger partial charge in [0.2, 0.25) is 10.0 Å². The Bertz CT molecular complexity index is 1360. The molecule has 34 heavy (non-hydrogen) atoms. The van der Waals surface area contributed by atoms with Gasteiger partial charge in [-0.25, -0.2) is 8.42 Å². The van der Waals surface area contributed by atoms with Gasteiger partial charge in [-0.1, -0.05) is 41.0 Å². The van der Waals surface area contributed by atoms with Crippen molar-refractivity contribution in [3.8, 4) is 0 Å². The minimum atomic E-state index is -3.56. The SMILES string of the molecule is CCOCCn1c(=NC(=O)c2ccc(S(=O)(=O)N3CCCCC3)cc2)sc2ccc(Cl)c(Cl)c21. The minimum Gasteiger partial charge on any atom is -0.380 e. The van der Waals surface area contributed by atoms with E-state index >= 15 is 0 Å². The van der Waals surface area contributed by atoms with Gasteiger partial charge in [-0.2, -0.15) is 9.30 Å². The molecule has 1 saturated heterocycles. The van der Waals surface area contributed by atoms with Gasteiger partial charge in [0.05, 0.1) is 31.8 Å². The van der Waals surface area contributed by atoms with Gasteiger partial charge < -0.3 is 9.30 Å². The van der Waals surface area contributed by atoms with Crippen molar-refractivity contribution in [2.75, 3.05) is 26.3 Å². The van der Waals surface area contributed by atoms with Crippen molar-refractivity contribution in [3.05, 3.63) is 56.8 Å². The van der Waals surface area contributed by atoms with Gasteiger partial charge in [0.25, 0.3) is 5.91 Å². The topological polar surface area (TPSA) is 81.0 Å². The lowest BCUT2D eigenvalue weighted by Gasteiger charge is -2.25. The fourth-order valence-corrected chi connectivity index (χ4v) is 6.93. The number of hydrogen-bond donors (Lipinski definition) is 0. The van der Waals surface area contributed by atoms with E-state index in [1.807, 2.05) is 17.6 Å². The largest absolute Gasteiger partial charge is 0.380 e. The van der Waals surface area contributed by atoms with Gasteiger partial charge in [0.1, 0.15) is 0 Å². The first kappa shape index (κ1) is 25.3. The Morgan fingerprint density at radius 1 is 1.09 bits per heavy atom. The third kappa shape index (κ3) is 5.24. The van der Waals surface area contributed by atoms with Crippen molar-refractivity contribution in [2.24, 2.45) is 4.99 Å². The van der Waals surface area contributed by atoms with Crippen LogP contribution in [-0.4, -0.2) is 49.5 Å². The molecule has 0 radical (unpaired) electrons. The Morgan fingerprint density at radius 2 is 1.79 bits per heavy atom. The first-order chi connectivity index (χ1) is 16.3. The highest BCUT2D eigenvalue weighted by Crippen LogP contribution is 2.32. The van der Waals surface area contributed by atoms with Crippen molar-refractivity contribution in [1.29, 1.82) is 0 Å². The average Bonchev–Trinajstić information content (AvgIpc) is 3.20. The summed E-state index contributed by atoms with van der Waals surface area (Å²) in [4.78, 5) is 17.9. The lowest BCUT2D eigenvalue weighted by molar-refractivity contribution is 0.0996. The highest BCUT2D eigenvalue weighted by Gasteiger charge is 2.26. The van der Waals surface area contributed by atoms with Gasteiger partial charge in [-0.3, -0.25) is 4.79 Å². The van der Waals surface area contributed by atoms with Gasteiger partial charge in [-0.15, -0.1) is 0 Å². The Morgan fingerprint density at radius 3 is 2.47 bits per heavy atom. The van der Waals surface area contributed by atoms with Crippen LogP contribution in [0.1, 0.15) is 36.5 Å².